The summed E-state index contributed by atoms with van der Waals surface area (Å²) in [6, 6.07) is 4.53. The Balaban J connectivity index is 2.35. The molecular weight excluding hydrogens is 315 g/mol. The van der Waals surface area contributed by atoms with Gasteiger partial charge in [0.25, 0.3) is 0 Å². The molecule has 8 heteroatoms. The van der Waals surface area contributed by atoms with E-state index in [1.54, 1.807) is 6.07 Å². The summed E-state index contributed by atoms with van der Waals surface area (Å²) in [5, 5.41) is 0.180. The lowest BCUT2D eigenvalue weighted by Gasteiger charge is -2.05. The average Bonchev–Trinajstić information content (AvgIpc) is 2.88. The lowest BCUT2D eigenvalue weighted by molar-refractivity contribution is 0.381. The number of halogens is 6. The van der Waals surface area contributed by atoms with Crippen molar-refractivity contribution in [3.05, 3.63) is 52.3 Å². The smallest absolute Gasteiger partial charge is 0.200 e. The third kappa shape index (κ3) is 1.96. The second-order valence-corrected chi connectivity index (χ2v) is 4.57. The lowest BCUT2D eigenvalue weighted by atomic mass is 10.1. The third-order valence-corrected chi connectivity index (χ3v) is 3.22. The molecule has 108 valence electrons. The minimum atomic E-state index is -2.22. The molecule has 0 aliphatic carbocycles. The van der Waals surface area contributed by atoms with Gasteiger partial charge in [0.1, 0.15) is 11.3 Å². The SMILES string of the molecule is Fc1c(F)c(F)c(-c2nc3c(Cl)cccc3[nH]2)c(F)c1F. The predicted molar refractivity (Wildman–Crippen MR) is 66.3 cm³/mol. The van der Waals surface area contributed by atoms with E-state index in [4.69, 9.17) is 11.6 Å². The summed E-state index contributed by atoms with van der Waals surface area (Å²) in [4.78, 5) is 6.27. The van der Waals surface area contributed by atoms with Crippen LogP contribution in [0.1, 0.15) is 0 Å². The number of hydrogen-bond donors (Lipinski definition) is 1. The topological polar surface area (TPSA) is 28.7 Å². The van der Waals surface area contributed by atoms with Gasteiger partial charge in [0.05, 0.1) is 16.1 Å². The van der Waals surface area contributed by atoms with Gasteiger partial charge in [-0.15, -0.1) is 0 Å². The highest BCUT2D eigenvalue weighted by molar-refractivity contribution is 6.35. The van der Waals surface area contributed by atoms with Gasteiger partial charge in [-0.2, -0.15) is 0 Å². The van der Waals surface area contributed by atoms with Crippen LogP contribution in [0.3, 0.4) is 0 Å². The maximum atomic E-state index is 13.7. The first-order valence-corrected chi connectivity index (χ1v) is 5.95. The molecule has 3 aromatic rings. The van der Waals surface area contributed by atoms with Crippen LogP contribution in [0.25, 0.3) is 22.4 Å². The van der Waals surface area contributed by atoms with Crippen LogP contribution in [0.2, 0.25) is 5.02 Å². The molecule has 1 aromatic heterocycles. The largest absolute Gasteiger partial charge is 0.338 e. The minimum Gasteiger partial charge on any atom is -0.338 e. The van der Waals surface area contributed by atoms with Crippen LogP contribution in [0.5, 0.6) is 0 Å². The molecule has 21 heavy (non-hydrogen) atoms. The van der Waals surface area contributed by atoms with Crippen LogP contribution >= 0.6 is 11.6 Å². The monoisotopic (exact) mass is 318 g/mol. The molecule has 2 aromatic carbocycles. The zero-order chi connectivity index (χ0) is 15.3. The van der Waals surface area contributed by atoms with Crippen molar-refractivity contribution < 1.29 is 22.0 Å². The molecular formula is C13H4ClF5N2. The first-order chi connectivity index (χ1) is 9.91. The Bertz CT molecular complexity index is 846. The average molecular weight is 319 g/mol. The van der Waals surface area contributed by atoms with E-state index in [9.17, 15) is 22.0 Å². The third-order valence-electron chi connectivity index (χ3n) is 2.91. The molecule has 0 radical (unpaired) electrons. The van der Waals surface area contributed by atoms with Gasteiger partial charge < -0.3 is 4.98 Å². The quantitative estimate of drug-likeness (QED) is 0.397. The number of imidazole rings is 1. The van der Waals surface area contributed by atoms with Gasteiger partial charge in [-0.25, -0.2) is 26.9 Å². The van der Waals surface area contributed by atoms with E-state index in [0.717, 1.165) is 0 Å². The minimum absolute atomic E-state index is 0.165. The maximum absolute atomic E-state index is 13.7. The summed E-state index contributed by atoms with van der Waals surface area (Å²) in [5.74, 6) is -10.7. The molecule has 0 unspecified atom stereocenters. The molecule has 0 aliphatic heterocycles. The molecule has 2 nitrogen and oxygen atoms in total. The number of fused-ring (bicyclic) bond motifs is 1. The Morgan fingerprint density at radius 2 is 1.43 bits per heavy atom. The summed E-state index contributed by atoms with van der Waals surface area (Å²) in [6.45, 7) is 0. The van der Waals surface area contributed by atoms with Gasteiger partial charge in [-0.1, -0.05) is 17.7 Å². The number of benzene rings is 2. The number of H-pyrrole nitrogens is 1. The molecule has 0 saturated carbocycles. The van der Waals surface area contributed by atoms with Crippen molar-refractivity contribution >= 4 is 22.6 Å². The van der Waals surface area contributed by atoms with E-state index in [-0.39, 0.29) is 10.5 Å². The van der Waals surface area contributed by atoms with Crippen LogP contribution in [0.15, 0.2) is 18.2 Å². The molecule has 1 N–H and O–H groups in total. The number of aromatic amines is 1. The van der Waals surface area contributed by atoms with Crippen molar-refractivity contribution in [2.24, 2.45) is 0 Å². The predicted octanol–water partition coefficient (Wildman–Crippen LogP) is 4.58. The first kappa shape index (κ1) is 13.8. The van der Waals surface area contributed by atoms with Crippen molar-refractivity contribution in [2.45, 2.75) is 0 Å². The standard InChI is InChI=1S/C13H4ClF5N2/c14-4-2-1-3-5-12(4)21-13(20-5)6-7(15)9(17)11(19)10(18)8(6)16/h1-3H,(H,20,21). The fourth-order valence-corrected chi connectivity index (χ4v) is 2.15. The Labute approximate surface area is 119 Å². The molecule has 0 saturated heterocycles. The van der Waals surface area contributed by atoms with Crippen molar-refractivity contribution in [3.8, 4) is 11.4 Å². The number of nitrogens with one attached hydrogen (secondary N) is 1. The van der Waals surface area contributed by atoms with Gasteiger partial charge in [-0.05, 0) is 12.1 Å². The Morgan fingerprint density at radius 3 is 2.00 bits per heavy atom. The van der Waals surface area contributed by atoms with Crippen molar-refractivity contribution in [2.75, 3.05) is 0 Å². The van der Waals surface area contributed by atoms with Gasteiger partial charge in [0.2, 0.25) is 5.82 Å². The molecule has 1 heterocycles. The second kappa shape index (κ2) is 4.70. The highest BCUT2D eigenvalue weighted by Crippen LogP contribution is 2.32. The van der Waals surface area contributed by atoms with Crippen LogP contribution in [-0.2, 0) is 0 Å². The Kier molecular flexibility index (Phi) is 3.09. The number of aromatic nitrogens is 2. The molecule has 0 spiro atoms. The van der Waals surface area contributed by atoms with E-state index < -0.39 is 40.5 Å². The van der Waals surface area contributed by atoms with Crippen LogP contribution < -0.4 is 0 Å². The molecule has 0 fully saturated rings. The van der Waals surface area contributed by atoms with Gasteiger partial charge in [-0.3, -0.25) is 0 Å². The van der Waals surface area contributed by atoms with Crippen LogP contribution in [0.4, 0.5) is 22.0 Å². The fourth-order valence-electron chi connectivity index (χ4n) is 1.93. The zero-order valence-corrected chi connectivity index (χ0v) is 10.7. The van der Waals surface area contributed by atoms with E-state index in [2.05, 4.69) is 9.97 Å². The fraction of sp³-hybridized carbons (Fsp3) is 0. The van der Waals surface area contributed by atoms with Gasteiger partial charge in [0.15, 0.2) is 23.3 Å². The Morgan fingerprint density at radius 1 is 0.857 bits per heavy atom. The summed E-state index contributed by atoms with van der Waals surface area (Å²) >= 11 is 5.85. The lowest BCUT2D eigenvalue weighted by Crippen LogP contribution is -2.04. The normalized spacial score (nSPS) is 11.3. The van der Waals surface area contributed by atoms with Crippen LogP contribution in [-0.4, -0.2) is 9.97 Å². The molecule has 3 rings (SSSR count). The highest BCUT2D eigenvalue weighted by Gasteiger charge is 2.28. The van der Waals surface area contributed by atoms with E-state index in [0.29, 0.717) is 5.52 Å². The summed E-state index contributed by atoms with van der Waals surface area (Å²) in [6.07, 6.45) is 0. The van der Waals surface area contributed by atoms with Gasteiger partial charge >= 0.3 is 0 Å². The molecule has 0 bridgehead atoms. The van der Waals surface area contributed by atoms with Crippen molar-refractivity contribution in [3.63, 3.8) is 0 Å². The number of para-hydroxylation sites is 1. The maximum Gasteiger partial charge on any atom is 0.200 e. The first-order valence-electron chi connectivity index (χ1n) is 5.58. The summed E-state index contributed by atoms with van der Waals surface area (Å²) in [5.41, 5.74) is -0.654. The van der Waals surface area contributed by atoms with E-state index in [1.165, 1.54) is 12.1 Å². The molecule has 0 atom stereocenters. The van der Waals surface area contributed by atoms with E-state index >= 15 is 0 Å². The summed E-state index contributed by atoms with van der Waals surface area (Å²) < 4.78 is 66.8. The van der Waals surface area contributed by atoms with Crippen LogP contribution in [0, 0.1) is 29.1 Å². The van der Waals surface area contributed by atoms with Gasteiger partial charge in [0, 0.05) is 0 Å². The molecule has 0 amide bonds. The highest BCUT2D eigenvalue weighted by atomic mass is 35.5. The van der Waals surface area contributed by atoms with Crippen molar-refractivity contribution in [1.82, 2.24) is 9.97 Å². The number of nitrogens with zero attached hydrogens (tertiary/aromatic N) is 1. The zero-order valence-electron chi connectivity index (χ0n) is 9.95. The Hall–Kier alpha value is -2.15. The number of hydrogen-bond acceptors (Lipinski definition) is 1. The summed E-state index contributed by atoms with van der Waals surface area (Å²) in [7, 11) is 0. The number of rotatable bonds is 1. The second-order valence-electron chi connectivity index (χ2n) is 4.17. The van der Waals surface area contributed by atoms with E-state index in [1.807, 2.05) is 0 Å². The molecule has 0 aliphatic rings. The van der Waals surface area contributed by atoms with Crippen molar-refractivity contribution in [1.29, 1.82) is 0 Å².